The van der Waals surface area contributed by atoms with Crippen LogP contribution >= 0.6 is 11.6 Å². The molecule has 10 heteroatoms. The van der Waals surface area contributed by atoms with Gasteiger partial charge in [-0.25, -0.2) is 4.98 Å². The molecule has 1 fully saturated rings. The molecule has 9 nitrogen and oxygen atoms in total. The number of carbonyl (C=O) groups is 1. The van der Waals surface area contributed by atoms with E-state index >= 15 is 0 Å². The van der Waals surface area contributed by atoms with Crippen LogP contribution in [0.3, 0.4) is 0 Å². The monoisotopic (exact) mass is 521 g/mol. The van der Waals surface area contributed by atoms with Crippen molar-refractivity contribution in [2.24, 2.45) is 7.05 Å². The number of hydrogen-bond acceptors (Lipinski definition) is 7. The lowest BCUT2D eigenvalue weighted by molar-refractivity contribution is -0.164. The number of hydrogen-bond donors (Lipinski definition) is 1. The second-order valence-corrected chi connectivity index (χ2v) is 9.56. The number of morpholine rings is 1. The fourth-order valence-electron chi connectivity index (χ4n) is 4.70. The van der Waals surface area contributed by atoms with Gasteiger partial charge in [0.05, 0.1) is 23.4 Å². The summed E-state index contributed by atoms with van der Waals surface area (Å²) in [7, 11) is 1.91. The topological polar surface area (TPSA) is 103 Å². The number of aryl methyl sites for hydroxylation is 2. The first-order valence-electron chi connectivity index (χ1n) is 12.0. The van der Waals surface area contributed by atoms with Crippen LogP contribution in [0.1, 0.15) is 23.7 Å². The molecule has 37 heavy (non-hydrogen) atoms. The summed E-state index contributed by atoms with van der Waals surface area (Å²) in [5.74, 6) is 0.479. The Morgan fingerprint density at radius 3 is 2.86 bits per heavy atom. The zero-order valence-corrected chi connectivity index (χ0v) is 21.6. The Hall–Kier alpha value is -3.53. The summed E-state index contributed by atoms with van der Waals surface area (Å²) in [6.07, 6.45) is 3.97. The molecule has 0 aliphatic carbocycles. The van der Waals surface area contributed by atoms with Crippen molar-refractivity contribution in [3.8, 4) is 17.0 Å². The number of aromatic nitrogens is 4. The Bertz CT molecular complexity index is 1460. The van der Waals surface area contributed by atoms with Gasteiger partial charge in [0.25, 0.3) is 5.91 Å². The van der Waals surface area contributed by atoms with Gasteiger partial charge >= 0.3 is 0 Å². The number of nitrogens with zero attached hydrogens (tertiary/aromatic N) is 5. The van der Waals surface area contributed by atoms with Gasteiger partial charge in [0.2, 0.25) is 0 Å². The minimum Gasteiger partial charge on any atom is -0.487 e. The predicted octanol–water partition coefficient (Wildman–Crippen LogP) is 3.68. The summed E-state index contributed by atoms with van der Waals surface area (Å²) in [6.45, 7) is 4.22. The summed E-state index contributed by atoms with van der Waals surface area (Å²) in [4.78, 5) is 23.4. The zero-order chi connectivity index (χ0) is 26.1. The molecule has 0 bridgehead atoms. The van der Waals surface area contributed by atoms with Gasteiger partial charge in [0, 0.05) is 60.9 Å². The fourth-order valence-corrected chi connectivity index (χ4v) is 4.93. The predicted molar refractivity (Wildman–Crippen MR) is 139 cm³/mol. The molecule has 4 heterocycles. The highest BCUT2D eigenvalue weighted by molar-refractivity contribution is 6.31. The second-order valence-electron chi connectivity index (χ2n) is 9.15. The van der Waals surface area contributed by atoms with Crippen molar-refractivity contribution in [1.29, 1.82) is 0 Å². The number of amides is 1. The Kier molecular flexibility index (Phi) is 7.10. The van der Waals surface area contributed by atoms with Gasteiger partial charge in [0.1, 0.15) is 24.0 Å². The average molecular weight is 522 g/mol. The van der Waals surface area contributed by atoms with Crippen LogP contribution in [0, 0.1) is 6.92 Å². The molecular formula is C27H28ClN5O4. The number of carbonyl (C=O) groups excluding carboxylic acids is 1. The first kappa shape index (κ1) is 25.1. The number of aliphatic hydroxyl groups is 1. The third kappa shape index (κ3) is 5.02. The van der Waals surface area contributed by atoms with Crippen LogP contribution in [0.15, 0.2) is 48.9 Å². The first-order valence-corrected chi connectivity index (χ1v) is 12.4. The molecule has 0 saturated carbocycles. The van der Waals surface area contributed by atoms with E-state index in [9.17, 15) is 9.90 Å². The fraction of sp³-hybridized carbons (Fsp3) is 0.333. The summed E-state index contributed by atoms with van der Waals surface area (Å²) >= 11 is 6.55. The number of benzene rings is 1. The van der Waals surface area contributed by atoms with E-state index in [1.165, 1.54) is 0 Å². The molecule has 0 spiro atoms. The number of fused-ring (bicyclic) bond motifs is 1. The lowest BCUT2D eigenvalue weighted by Gasteiger charge is -2.36. The van der Waals surface area contributed by atoms with E-state index in [-0.39, 0.29) is 32.2 Å². The largest absolute Gasteiger partial charge is 0.487 e. The van der Waals surface area contributed by atoms with E-state index in [1.807, 2.05) is 49.0 Å². The molecule has 0 radical (unpaired) electrons. The molecule has 1 aromatic carbocycles. The van der Waals surface area contributed by atoms with Gasteiger partial charge < -0.3 is 19.5 Å². The van der Waals surface area contributed by atoms with Crippen molar-refractivity contribution >= 4 is 28.4 Å². The average Bonchev–Trinajstić information content (AvgIpc) is 3.31. The SMILES string of the molecule is Cc1cc(-c2ccnn2C)c2cccc(OCc3c(Cl)cncc3CN3CC(CO)OC(C)C3=O)c2n1. The minimum absolute atomic E-state index is 0.145. The molecule has 5 rings (SSSR count). The van der Waals surface area contributed by atoms with Crippen molar-refractivity contribution in [1.82, 2.24) is 24.6 Å². The third-order valence-corrected chi connectivity index (χ3v) is 6.86. The number of para-hydroxylation sites is 1. The van der Waals surface area contributed by atoms with Crippen molar-refractivity contribution in [3.63, 3.8) is 0 Å². The van der Waals surface area contributed by atoms with E-state index in [1.54, 1.807) is 30.4 Å². The molecule has 192 valence electrons. The van der Waals surface area contributed by atoms with Crippen LogP contribution in [0.2, 0.25) is 5.02 Å². The maximum Gasteiger partial charge on any atom is 0.251 e. The van der Waals surface area contributed by atoms with Gasteiger partial charge in [-0.15, -0.1) is 0 Å². The Morgan fingerprint density at radius 1 is 1.27 bits per heavy atom. The number of halogens is 1. The Balaban J connectivity index is 1.45. The van der Waals surface area contributed by atoms with Crippen molar-refractivity contribution in [2.75, 3.05) is 13.2 Å². The normalized spacial score (nSPS) is 18.0. The van der Waals surface area contributed by atoms with Crippen LogP contribution in [0.5, 0.6) is 5.75 Å². The van der Waals surface area contributed by atoms with Crippen molar-refractivity contribution < 1.29 is 19.4 Å². The van der Waals surface area contributed by atoms with Crippen LogP contribution in [-0.2, 0) is 29.7 Å². The van der Waals surface area contributed by atoms with E-state index in [2.05, 4.69) is 10.1 Å². The molecule has 3 aromatic heterocycles. The van der Waals surface area contributed by atoms with Gasteiger partial charge in [-0.3, -0.25) is 14.5 Å². The standard InChI is InChI=1S/C27H28ClN5O4/c1-16-9-21(24-7-8-30-32(24)3)20-5-4-6-25(26(20)31-16)36-15-22-18(10-29-11-23(22)28)12-33-13-19(14-34)37-17(2)27(33)35/h4-11,17,19,34H,12-15H2,1-3H3. The highest BCUT2D eigenvalue weighted by Crippen LogP contribution is 2.34. The van der Waals surface area contributed by atoms with Crippen LogP contribution in [0.25, 0.3) is 22.2 Å². The lowest BCUT2D eigenvalue weighted by Crippen LogP contribution is -2.51. The van der Waals surface area contributed by atoms with E-state index in [4.69, 9.17) is 26.1 Å². The van der Waals surface area contributed by atoms with E-state index in [0.29, 0.717) is 10.8 Å². The van der Waals surface area contributed by atoms with E-state index in [0.717, 1.165) is 39.0 Å². The van der Waals surface area contributed by atoms with Gasteiger partial charge in [-0.05, 0) is 37.6 Å². The molecule has 1 saturated heterocycles. The zero-order valence-electron chi connectivity index (χ0n) is 20.9. The van der Waals surface area contributed by atoms with Gasteiger partial charge in [-0.2, -0.15) is 5.10 Å². The summed E-state index contributed by atoms with van der Waals surface area (Å²) in [5.41, 5.74) is 5.12. The molecule has 2 atom stereocenters. The van der Waals surface area contributed by atoms with Crippen LogP contribution in [0.4, 0.5) is 0 Å². The molecule has 1 N–H and O–H groups in total. The summed E-state index contributed by atoms with van der Waals surface area (Å²) < 4.78 is 13.7. The molecule has 1 aliphatic rings. The maximum atomic E-state index is 12.7. The van der Waals surface area contributed by atoms with Crippen molar-refractivity contribution in [3.05, 3.63) is 70.8 Å². The number of aliphatic hydroxyl groups excluding tert-OH is 1. The minimum atomic E-state index is -0.628. The number of rotatable bonds is 7. The van der Waals surface area contributed by atoms with Crippen LogP contribution in [-0.4, -0.2) is 61.0 Å². The third-order valence-electron chi connectivity index (χ3n) is 6.54. The van der Waals surface area contributed by atoms with E-state index < -0.39 is 12.2 Å². The first-order chi connectivity index (χ1) is 17.9. The van der Waals surface area contributed by atoms with Crippen LogP contribution < -0.4 is 4.74 Å². The highest BCUT2D eigenvalue weighted by Gasteiger charge is 2.32. The summed E-state index contributed by atoms with van der Waals surface area (Å²) in [6, 6.07) is 9.85. The molecule has 1 amide bonds. The summed E-state index contributed by atoms with van der Waals surface area (Å²) in [5, 5.41) is 15.3. The molecule has 4 aromatic rings. The smallest absolute Gasteiger partial charge is 0.251 e. The lowest BCUT2D eigenvalue weighted by atomic mass is 10.0. The van der Waals surface area contributed by atoms with Gasteiger partial charge in [-0.1, -0.05) is 23.7 Å². The number of ether oxygens (including phenoxy) is 2. The Labute approximate surface area is 219 Å². The molecular weight excluding hydrogens is 494 g/mol. The molecule has 2 unspecified atom stereocenters. The number of pyridine rings is 2. The van der Waals surface area contributed by atoms with Gasteiger partial charge in [0.15, 0.2) is 0 Å². The maximum absolute atomic E-state index is 12.7. The molecule has 1 aliphatic heterocycles. The Morgan fingerprint density at radius 2 is 2.11 bits per heavy atom. The second kappa shape index (κ2) is 10.5. The highest BCUT2D eigenvalue weighted by atomic mass is 35.5. The van der Waals surface area contributed by atoms with Crippen molar-refractivity contribution in [2.45, 2.75) is 39.2 Å². The quantitative estimate of drug-likeness (QED) is 0.396.